The van der Waals surface area contributed by atoms with Gasteiger partial charge < -0.3 is 9.63 Å². The molecular weight excluding hydrogens is 479 g/mol. The van der Waals surface area contributed by atoms with Crippen molar-refractivity contribution in [2.24, 2.45) is 5.92 Å². The standard InChI is InChI=1S/C25H20F3N3O3S/c26-25(27,28)21-19(16-4-2-1-3-5-16)12-20(35-21)23-29-22(30-34-23)17-8-6-15(7-9-17)13-31-11-10-18(14-31)24(32)33/h1-9,12,18H,10-11,13-14H2,(H,32,33). The van der Waals surface area contributed by atoms with Gasteiger partial charge in [0.2, 0.25) is 5.82 Å². The third-order valence-corrected chi connectivity index (χ3v) is 7.12. The quantitative estimate of drug-likeness (QED) is 0.348. The average molecular weight is 500 g/mol. The van der Waals surface area contributed by atoms with Gasteiger partial charge in [0, 0.05) is 24.2 Å². The minimum Gasteiger partial charge on any atom is -0.481 e. The SMILES string of the molecule is O=C(O)C1CCN(Cc2ccc(-c3noc(-c4cc(-c5ccccc5)c(C(F)(F)F)s4)n3)cc2)C1. The van der Waals surface area contributed by atoms with Crippen LogP contribution in [0.1, 0.15) is 16.9 Å². The average Bonchev–Trinajstić information content (AvgIpc) is 3.59. The maximum absolute atomic E-state index is 13.7. The van der Waals surface area contributed by atoms with E-state index in [-0.39, 0.29) is 28.1 Å². The van der Waals surface area contributed by atoms with Crippen molar-refractivity contribution >= 4 is 17.3 Å². The maximum atomic E-state index is 13.7. The van der Waals surface area contributed by atoms with Crippen LogP contribution in [-0.4, -0.2) is 39.2 Å². The largest absolute Gasteiger partial charge is 0.481 e. The first kappa shape index (κ1) is 23.3. The zero-order chi connectivity index (χ0) is 24.6. The van der Waals surface area contributed by atoms with Crippen molar-refractivity contribution in [1.82, 2.24) is 15.0 Å². The minimum atomic E-state index is -4.51. The third kappa shape index (κ3) is 4.98. The second-order valence-electron chi connectivity index (χ2n) is 8.40. The van der Waals surface area contributed by atoms with E-state index in [4.69, 9.17) is 9.63 Å². The van der Waals surface area contributed by atoms with Gasteiger partial charge in [-0.15, -0.1) is 11.3 Å². The van der Waals surface area contributed by atoms with Crippen molar-refractivity contribution in [3.63, 3.8) is 0 Å². The van der Waals surface area contributed by atoms with Gasteiger partial charge in [-0.3, -0.25) is 9.69 Å². The molecule has 2 aromatic carbocycles. The first-order valence-corrected chi connectivity index (χ1v) is 11.7. The molecule has 0 spiro atoms. The predicted molar refractivity (Wildman–Crippen MR) is 125 cm³/mol. The number of alkyl halides is 3. The number of nitrogens with zero attached hydrogens (tertiary/aromatic N) is 3. The summed E-state index contributed by atoms with van der Waals surface area (Å²) in [6, 6.07) is 17.3. The van der Waals surface area contributed by atoms with Gasteiger partial charge in [0.05, 0.1) is 10.8 Å². The number of benzene rings is 2. The van der Waals surface area contributed by atoms with E-state index in [0.717, 1.165) is 12.1 Å². The Morgan fingerprint density at radius 2 is 1.86 bits per heavy atom. The van der Waals surface area contributed by atoms with Crippen LogP contribution < -0.4 is 0 Å². The highest BCUT2D eigenvalue weighted by Crippen LogP contribution is 2.45. The van der Waals surface area contributed by atoms with Gasteiger partial charge in [-0.2, -0.15) is 18.2 Å². The van der Waals surface area contributed by atoms with Crippen LogP contribution >= 0.6 is 11.3 Å². The van der Waals surface area contributed by atoms with Crippen molar-refractivity contribution < 1.29 is 27.6 Å². The molecule has 0 radical (unpaired) electrons. The second kappa shape index (κ2) is 9.27. The highest BCUT2D eigenvalue weighted by molar-refractivity contribution is 7.16. The molecule has 2 aromatic heterocycles. The van der Waals surface area contributed by atoms with E-state index in [1.54, 1.807) is 30.3 Å². The summed E-state index contributed by atoms with van der Waals surface area (Å²) in [5.74, 6) is -0.787. The Hall–Kier alpha value is -3.50. The summed E-state index contributed by atoms with van der Waals surface area (Å²) in [6.07, 6.45) is -3.86. The molecule has 0 bridgehead atoms. The molecule has 180 valence electrons. The van der Waals surface area contributed by atoms with Crippen LogP contribution in [0.2, 0.25) is 0 Å². The first-order valence-electron chi connectivity index (χ1n) is 10.9. The molecule has 1 unspecified atom stereocenters. The highest BCUT2D eigenvalue weighted by Gasteiger charge is 2.37. The number of hydrogen-bond acceptors (Lipinski definition) is 6. The molecule has 5 rings (SSSR count). The smallest absolute Gasteiger partial charge is 0.426 e. The number of aromatic nitrogens is 2. The second-order valence-corrected chi connectivity index (χ2v) is 9.45. The number of carboxylic acids is 1. The molecule has 0 amide bonds. The molecule has 35 heavy (non-hydrogen) atoms. The summed E-state index contributed by atoms with van der Waals surface area (Å²) in [5.41, 5.74) is 2.23. The third-order valence-electron chi connectivity index (χ3n) is 5.95. The van der Waals surface area contributed by atoms with Crippen LogP contribution in [0, 0.1) is 5.92 Å². The summed E-state index contributed by atoms with van der Waals surface area (Å²) < 4.78 is 46.4. The van der Waals surface area contributed by atoms with E-state index < -0.39 is 17.0 Å². The molecule has 1 atom stereocenters. The van der Waals surface area contributed by atoms with Crippen molar-refractivity contribution in [3.8, 4) is 33.3 Å². The molecule has 1 aliphatic heterocycles. The van der Waals surface area contributed by atoms with Crippen molar-refractivity contribution in [1.29, 1.82) is 0 Å². The zero-order valence-corrected chi connectivity index (χ0v) is 19.1. The van der Waals surface area contributed by atoms with E-state index in [9.17, 15) is 18.0 Å². The van der Waals surface area contributed by atoms with Crippen molar-refractivity contribution in [2.45, 2.75) is 19.1 Å². The predicted octanol–water partition coefficient (Wildman–Crippen LogP) is 6.06. The molecule has 6 nitrogen and oxygen atoms in total. The van der Waals surface area contributed by atoms with Crippen LogP contribution in [-0.2, 0) is 17.5 Å². The summed E-state index contributed by atoms with van der Waals surface area (Å²) in [6.45, 7) is 1.90. The van der Waals surface area contributed by atoms with Crippen LogP contribution in [0.3, 0.4) is 0 Å². The van der Waals surface area contributed by atoms with Crippen LogP contribution in [0.25, 0.3) is 33.3 Å². The number of halogens is 3. The van der Waals surface area contributed by atoms with Crippen LogP contribution in [0.15, 0.2) is 65.2 Å². The molecule has 1 saturated heterocycles. The molecule has 1 N–H and O–H groups in total. The van der Waals surface area contributed by atoms with Gasteiger partial charge in [0.25, 0.3) is 5.89 Å². The van der Waals surface area contributed by atoms with Gasteiger partial charge in [0.1, 0.15) is 4.88 Å². The molecular formula is C25H20F3N3O3S. The topological polar surface area (TPSA) is 79.5 Å². The lowest BCUT2D eigenvalue weighted by Crippen LogP contribution is -2.22. The molecule has 0 saturated carbocycles. The Morgan fingerprint density at radius 1 is 1.11 bits per heavy atom. The maximum Gasteiger partial charge on any atom is 0.426 e. The number of likely N-dealkylation sites (tertiary alicyclic amines) is 1. The number of carbonyl (C=O) groups is 1. The number of hydrogen-bond donors (Lipinski definition) is 1. The highest BCUT2D eigenvalue weighted by atomic mass is 32.1. The van der Waals surface area contributed by atoms with Crippen LogP contribution in [0.4, 0.5) is 13.2 Å². The van der Waals surface area contributed by atoms with Gasteiger partial charge >= 0.3 is 12.1 Å². The van der Waals surface area contributed by atoms with E-state index in [2.05, 4.69) is 15.0 Å². The molecule has 10 heteroatoms. The van der Waals surface area contributed by atoms with E-state index in [1.165, 1.54) is 6.07 Å². The van der Waals surface area contributed by atoms with E-state index in [1.807, 2.05) is 24.3 Å². The lowest BCUT2D eigenvalue weighted by Gasteiger charge is -2.15. The Labute approximate surface area is 202 Å². The molecule has 1 aliphatic rings. The molecule has 4 aromatic rings. The number of rotatable bonds is 6. The van der Waals surface area contributed by atoms with Gasteiger partial charge in [-0.25, -0.2) is 0 Å². The van der Waals surface area contributed by atoms with Crippen LogP contribution in [0.5, 0.6) is 0 Å². The molecule has 1 fully saturated rings. The fourth-order valence-corrected chi connectivity index (χ4v) is 5.14. The van der Waals surface area contributed by atoms with E-state index >= 15 is 0 Å². The molecule has 3 heterocycles. The summed E-state index contributed by atoms with van der Waals surface area (Å²) in [5, 5.41) is 13.1. The molecule has 0 aliphatic carbocycles. The summed E-state index contributed by atoms with van der Waals surface area (Å²) >= 11 is 0.577. The monoisotopic (exact) mass is 499 g/mol. The number of carboxylic acid groups (broad SMARTS) is 1. The Kier molecular flexibility index (Phi) is 6.16. The Morgan fingerprint density at radius 3 is 2.51 bits per heavy atom. The summed E-state index contributed by atoms with van der Waals surface area (Å²) in [4.78, 5) is 17.1. The van der Waals surface area contributed by atoms with Gasteiger partial charge in [-0.1, -0.05) is 59.8 Å². The Balaban J connectivity index is 1.35. The normalized spacial score (nSPS) is 16.6. The lowest BCUT2D eigenvalue weighted by molar-refractivity contribution is -0.141. The summed E-state index contributed by atoms with van der Waals surface area (Å²) in [7, 11) is 0. The fourth-order valence-electron chi connectivity index (χ4n) is 4.18. The van der Waals surface area contributed by atoms with Crippen molar-refractivity contribution in [2.75, 3.05) is 13.1 Å². The first-order chi connectivity index (χ1) is 16.8. The number of aliphatic carboxylic acids is 1. The number of thiophene rings is 1. The van der Waals surface area contributed by atoms with Gasteiger partial charge in [0.15, 0.2) is 0 Å². The zero-order valence-electron chi connectivity index (χ0n) is 18.3. The Bertz CT molecular complexity index is 1330. The van der Waals surface area contributed by atoms with E-state index in [0.29, 0.717) is 42.0 Å². The van der Waals surface area contributed by atoms with Gasteiger partial charge in [-0.05, 0) is 30.2 Å². The van der Waals surface area contributed by atoms with Crippen molar-refractivity contribution in [3.05, 3.63) is 71.1 Å². The lowest BCUT2D eigenvalue weighted by atomic mass is 10.1. The minimum absolute atomic E-state index is 0.0264. The fraction of sp³-hybridized carbons (Fsp3) is 0.240.